The van der Waals surface area contributed by atoms with Gasteiger partial charge in [-0.2, -0.15) is 0 Å². The third kappa shape index (κ3) is 5.86. The summed E-state index contributed by atoms with van der Waals surface area (Å²) in [5, 5.41) is 6.20. The third-order valence-electron chi connectivity index (χ3n) is 5.72. The number of nitrogens with zero attached hydrogens (tertiary/aromatic N) is 3. The Morgan fingerprint density at radius 3 is 2.63 bits per heavy atom. The van der Waals surface area contributed by atoms with E-state index in [4.69, 9.17) is 32.7 Å². The highest BCUT2D eigenvalue weighted by Crippen LogP contribution is 2.40. The standard InChI is InChI=1S/C24H25Cl2N5O4/c1-13-10-18(14(2)27-22(13)34-3)28-21-23(32)31(11-20(26)30-21)19(15-8-9-15)12-35-24(33)29-17-7-5-4-6-16(17)25/h4-7,10-11,15,19H,8-9,12H2,1-3H3,(H,28,30)(H,29,33). The number of carbonyl (C=O) groups excluding carboxylic acids is 1. The van der Waals surface area contributed by atoms with Crippen LogP contribution in [0, 0.1) is 19.8 Å². The summed E-state index contributed by atoms with van der Waals surface area (Å²) >= 11 is 12.4. The van der Waals surface area contributed by atoms with E-state index in [2.05, 4.69) is 20.6 Å². The topological polar surface area (TPSA) is 107 Å². The first kappa shape index (κ1) is 24.8. The van der Waals surface area contributed by atoms with E-state index in [0.29, 0.717) is 28.0 Å². The monoisotopic (exact) mass is 517 g/mol. The van der Waals surface area contributed by atoms with Crippen LogP contribution in [0.15, 0.2) is 41.3 Å². The van der Waals surface area contributed by atoms with Gasteiger partial charge < -0.3 is 19.4 Å². The number of amides is 1. The minimum atomic E-state index is -0.661. The summed E-state index contributed by atoms with van der Waals surface area (Å²) < 4.78 is 12.2. The van der Waals surface area contributed by atoms with Crippen molar-refractivity contribution >= 4 is 46.5 Å². The van der Waals surface area contributed by atoms with E-state index < -0.39 is 12.1 Å². The molecule has 1 amide bonds. The molecule has 1 aliphatic carbocycles. The number of carbonyl (C=O) groups is 1. The zero-order valence-electron chi connectivity index (χ0n) is 19.5. The molecule has 35 heavy (non-hydrogen) atoms. The van der Waals surface area contributed by atoms with Crippen LogP contribution in [0.4, 0.5) is 22.0 Å². The van der Waals surface area contributed by atoms with Crippen molar-refractivity contribution < 1.29 is 14.3 Å². The fourth-order valence-corrected chi connectivity index (χ4v) is 4.12. The van der Waals surface area contributed by atoms with E-state index in [9.17, 15) is 9.59 Å². The van der Waals surface area contributed by atoms with Crippen LogP contribution in [0.25, 0.3) is 0 Å². The van der Waals surface area contributed by atoms with Crippen LogP contribution in [0.1, 0.15) is 30.1 Å². The molecule has 3 aromatic rings. The van der Waals surface area contributed by atoms with Gasteiger partial charge in [-0.15, -0.1) is 0 Å². The Bertz CT molecular complexity index is 1310. The SMILES string of the molecule is COc1nc(C)c(Nc2nc(Cl)cn(C(COC(=O)Nc3ccccc3Cl)C3CC3)c2=O)cc1C. The summed E-state index contributed by atoms with van der Waals surface area (Å²) in [7, 11) is 1.55. The van der Waals surface area contributed by atoms with Crippen molar-refractivity contribution in [3.63, 3.8) is 0 Å². The molecule has 1 fully saturated rings. The molecule has 1 aromatic carbocycles. The largest absolute Gasteiger partial charge is 0.481 e. The number of pyridine rings is 1. The number of hydrogen-bond donors (Lipinski definition) is 2. The summed E-state index contributed by atoms with van der Waals surface area (Å²) in [6, 6.07) is 8.29. The number of methoxy groups -OCH3 is 1. The molecule has 9 nitrogen and oxygen atoms in total. The second-order valence-corrected chi connectivity index (χ2v) is 9.10. The van der Waals surface area contributed by atoms with Gasteiger partial charge >= 0.3 is 6.09 Å². The molecule has 1 unspecified atom stereocenters. The normalized spacial score (nSPS) is 13.7. The van der Waals surface area contributed by atoms with Gasteiger partial charge in [-0.3, -0.25) is 10.1 Å². The molecule has 4 rings (SSSR count). The van der Waals surface area contributed by atoms with Gasteiger partial charge in [0.05, 0.1) is 35.2 Å². The first-order chi connectivity index (χ1) is 16.8. The predicted molar refractivity (Wildman–Crippen MR) is 135 cm³/mol. The van der Waals surface area contributed by atoms with Gasteiger partial charge in [-0.1, -0.05) is 35.3 Å². The Morgan fingerprint density at radius 2 is 1.94 bits per heavy atom. The van der Waals surface area contributed by atoms with Gasteiger partial charge in [-0.25, -0.2) is 14.8 Å². The first-order valence-corrected chi connectivity index (χ1v) is 11.8. The molecule has 0 spiro atoms. The molecule has 0 radical (unpaired) electrons. The number of para-hydroxylation sites is 1. The van der Waals surface area contributed by atoms with Crippen LogP contribution >= 0.6 is 23.2 Å². The van der Waals surface area contributed by atoms with E-state index in [1.807, 2.05) is 13.0 Å². The van der Waals surface area contributed by atoms with Crippen LogP contribution < -0.4 is 20.9 Å². The Hall–Kier alpha value is -3.30. The van der Waals surface area contributed by atoms with Crippen molar-refractivity contribution in [1.29, 1.82) is 0 Å². The number of ether oxygens (including phenoxy) is 2. The van der Waals surface area contributed by atoms with Crippen molar-refractivity contribution in [2.45, 2.75) is 32.7 Å². The number of nitrogens with one attached hydrogen (secondary N) is 2. The molecule has 0 aliphatic heterocycles. The lowest BCUT2D eigenvalue weighted by atomic mass is 10.2. The molecule has 2 aromatic heterocycles. The van der Waals surface area contributed by atoms with Gasteiger partial charge in [0.15, 0.2) is 5.82 Å². The Labute approximate surface area is 212 Å². The van der Waals surface area contributed by atoms with Crippen molar-refractivity contribution in [1.82, 2.24) is 14.5 Å². The van der Waals surface area contributed by atoms with E-state index in [1.54, 1.807) is 38.3 Å². The number of rotatable bonds is 8. The average molecular weight is 518 g/mol. The van der Waals surface area contributed by atoms with E-state index in [-0.39, 0.29) is 29.1 Å². The maximum Gasteiger partial charge on any atom is 0.411 e. The minimum Gasteiger partial charge on any atom is -0.481 e. The highest BCUT2D eigenvalue weighted by Gasteiger charge is 2.35. The second-order valence-electron chi connectivity index (χ2n) is 8.31. The lowest BCUT2D eigenvalue weighted by Crippen LogP contribution is -2.32. The fourth-order valence-electron chi connectivity index (χ4n) is 3.75. The van der Waals surface area contributed by atoms with Crippen molar-refractivity contribution in [3.05, 3.63) is 68.3 Å². The number of halogens is 2. The summed E-state index contributed by atoms with van der Waals surface area (Å²) in [6.45, 7) is 3.64. The number of anilines is 3. The van der Waals surface area contributed by atoms with Crippen LogP contribution in [0.3, 0.4) is 0 Å². The zero-order chi connectivity index (χ0) is 25.1. The third-order valence-corrected chi connectivity index (χ3v) is 6.24. The Morgan fingerprint density at radius 1 is 1.20 bits per heavy atom. The van der Waals surface area contributed by atoms with Gasteiger partial charge in [0, 0.05) is 11.8 Å². The highest BCUT2D eigenvalue weighted by molar-refractivity contribution is 6.33. The Kier molecular flexibility index (Phi) is 7.47. The van der Waals surface area contributed by atoms with Crippen molar-refractivity contribution in [2.24, 2.45) is 5.92 Å². The van der Waals surface area contributed by atoms with Gasteiger partial charge in [-0.05, 0) is 50.8 Å². The van der Waals surface area contributed by atoms with Gasteiger partial charge in [0.25, 0.3) is 5.56 Å². The maximum absolute atomic E-state index is 13.4. The molecular formula is C24H25Cl2N5O4. The summed E-state index contributed by atoms with van der Waals surface area (Å²) in [5.74, 6) is 0.738. The summed E-state index contributed by atoms with van der Waals surface area (Å²) in [6.07, 6.45) is 2.63. The van der Waals surface area contributed by atoms with E-state index in [0.717, 1.165) is 18.4 Å². The molecular weight excluding hydrogens is 493 g/mol. The summed E-state index contributed by atoms with van der Waals surface area (Å²) in [4.78, 5) is 34.3. The molecule has 1 saturated carbocycles. The molecule has 2 N–H and O–H groups in total. The van der Waals surface area contributed by atoms with Crippen LogP contribution in [-0.4, -0.2) is 34.3 Å². The van der Waals surface area contributed by atoms with Crippen LogP contribution in [0.5, 0.6) is 5.88 Å². The van der Waals surface area contributed by atoms with E-state index in [1.165, 1.54) is 10.8 Å². The van der Waals surface area contributed by atoms with Crippen molar-refractivity contribution in [3.8, 4) is 5.88 Å². The Balaban J connectivity index is 1.55. The lowest BCUT2D eigenvalue weighted by Gasteiger charge is -2.21. The minimum absolute atomic E-state index is 0.0110. The van der Waals surface area contributed by atoms with Gasteiger partial charge in [0.2, 0.25) is 5.88 Å². The predicted octanol–water partition coefficient (Wildman–Crippen LogP) is 5.51. The smallest absolute Gasteiger partial charge is 0.411 e. The average Bonchev–Trinajstić information content (AvgIpc) is 3.65. The molecule has 0 bridgehead atoms. The second kappa shape index (κ2) is 10.5. The molecule has 1 aliphatic rings. The zero-order valence-corrected chi connectivity index (χ0v) is 21.0. The van der Waals surface area contributed by atoms with Gasteiger partial charge in [0.1, 0.15) is 11.8 Å². The maximum atomic E-state index is 13.4. The van der Waals surface area contributed by atoms with E-state index >= 15 is 0 Å². The lowest BCUT2D eigenvalue weighted by molar-refractivity contribution is 0.135. The van der Waals surface area contributed by atoms with Crippen LogP contribution in [0.2, 0.25) is 10.2 Å². The molecule has 0 saturated heterocycles. The number of hydrogen-bond acceptors (Lipinski definition) is 7. The molecule has 2 heterocycles. The highest BCUT2D eigenvalue weighted by atomic mass is 35.5. The number of aromatic nitrogens is 3. The van der Waals surface area contributed by atoms with Crippen LogP contribution in [-0.2, 0) is 4.74 Å². The summed E-state index contributed by atoms with van der Waals surface area (Å²) in [5.41, 5.74) is 2.11. The number of aryl methyl sites for hydroxylation is 2. The quantitative estimate of drug-likeness (QED) is 0.405. The number of benzene rings is 1. The first-order valence-electron chi connectivity index (χ1n) is 11.0. The fraction of sp³-hybridized carbons (Fsp3) is 0.333. The van der Waals surface area contributed by atoms with Crippen molar-refractivity contribution in [2.75, 3.05) is 24.4 Å². The molecule has 184 valence electrons. The molecule has 11 heteroatoms. The molecule has 1 atom stereocenters.